The second-order valence-electron chi connectivity index (χ2n) is 7.42. The smallest absolute Gasteiger partial charge is 0.338 e. The number of para-hydroxylation sites is 1. The molecule has 172 valence electrons. The molecular formula is C24H31N3O5. The Morgan fingerprint density at radius 2 is 1.81 bits per heavy atom. The van der Waals surface area contributed by atoms with Crippen molar-refractivity contribution in [2.45, 2.75) is 13.5 Å². The number of urea groups is 1. The van der Waals surface area contributed by atoms with Crippen molar-refractivity contribution in [2.24, 2.45) is 0 Å². The van der Waals surface area contributed by atoms with Gasteiger partial charge in [0.15, 0.2) is 0 Å². The molecule has 1 fully saturated rings. The van der Waals surface area contributed by atoms with Crippen molar-refractivity contribution in [3.05, 3.63) is 59.7 Å². The number of hydrogen-bond acceptors (Lipinski definition) is 6. The fraction of sp³-hybridized carbons (Fsp3) is 0.417. The van der Waals surface area contributed by atoms with E-state index < -0.39 is 0 Å². The minimum Gasteiger partial charge on any atom is -0.496 e. The molecule has 3 rings (SSSR count). The van der Waals surface area contributed by atoms with Crippen LogP contribution in [0.5, 0.6) is 5.75 Å². The van der Waals surface area contributed by atoms with Gasteiger partial charge in [-0.3, -0.25) is 4.90 Å². The maximum Gasteiger partial charge on any atom is 0.338 e. The first kappa shape index (κ1) is 23.6. The van der Waals surface area contributed by atoms with Crippen LogP contribution in [0.15, 0.2) is 48.5 Å². The number of ether oxygens (including phenoxy) is 3. The lowest BCUT2D eigenvalue weighted by atomic mass is 10.2. The number of esters is 1. The highest BCUT2D eigenvalue weighted by molar-refractivity contribution is 5.92. The van der Waals surface area contributed by atoms with Crippen molar-refractivity contribution in [2.75, 3.05) is 58.4 Å². The summed E-state index contributed by atoms with van der Waals surface area (Å²) in [6.45, 7) is 6.97. The standard InChI is InChI=1S/C24H31N3O5/c1-3-32-23(28)19-8-10-21(11-9-19)25-24(29)27(13-12-26-14-16-31-17-15-26)18-20-6-4-5-7-22(20)30-2/h4-11H,3,12-18H2,1-2H3,(H,25,29). The molecule has 32 heavy (non-hydrogen) atoms. The number of morpholine rings is 1. The Bertz CT molecular complexity index is 881. The average molecular weight is 442 g/mol. The highest BCUT2D eigenvalue weighted by atomic mass is 16.5. The molecule has 0 aromatic heterocycles. The predicted molar refractivity (Wildman–Crippen MR) is 122 cm³/mol. The molecule has 8 nitrogen and oxygen atoms in total. The SMILES string of the molecule is CCOC(=O)c1ccc(NC(=O)N(CCN2CCOCC2)Cc2ccccc2OC)cc1. The van der Waals surface area contributed by atoms with Crippen molar-refractivity contribution >= 4 is 17.7 Å². The Hall–Kier alpha value is -3.10. The zero-order valence-electron chi connectivity index (χ0n) is 18.7. The molecule has 2 amide bonds. The molecule has 1 aliphatic heterocycles. The second kappa shape index (κ2) is 12.1. The molecule has 1 saturated heterocycles. The van der Waals surface area contributed by atoms with Crippen LogP contribution in [-0.2, 0) is 16.0 Å². The summed E-state index contributed by atoms with van der Waals surface area (Å²) < 4.78 is 15.9. The highest BCUT2D eigenvalue weighted by Gasteiger charge is 2.19. The van der Waals surface area contributed by atoms with E-state index in [0.29, 0.717) is 44.2 Å². The Kier molecular flexibility index (Phi) is 8.89. The molecule has 0 aliphatic carbocycles. The van der Waals surface area contributed by atoms with Crippen molar-refractivity contribution in [1.82, 2.24) is 9.80 Å². The van der Waals surface area contributed by atoms with E-state index >= 15 is 0 Å². The highest BCUT2D eigenvalue weighted by Crippen LogP contribution is 2.20. The van der Waals surface area contributed by atoms with Crippen LogP contribution in [0.4, 0.5) is 10.5 Å². The molecule has 1 N–H and O–H groups in total. The van der Waals surface area contributed by atoms with E-state index in [0.717, 1.165) is 30.9 Å². The van der Waals surface area contributed by atoms with E-state index in [1.54, 1.807) is 43.2 Å². The van der Waals surface area contributed by atoms with Gasteiger partial charge in [-0.25, -0.2) is 9.59 Å². The Balaban J connectivity index is 1.69. The first-order valence-electron chi connectivity index (χ1n) is 10.9. The zero-order valence-corrected chi connectivity index (χ0v) is 18.7. The summed E-state index contributed by atoms with van der Waals surface area (Å²) in [4.78, 5) is 29.1. The molecule has 1 heterocycles. The quantitative estimate of drug-likeness (QED) is 0.602. The first-order valence-corrected chi connectivity index (χ1v) is 10.9. The summed E-state index contributed by atoms with van der Waals surface area (Å²) in [7, 11) is 1.63. The minimum absolute atomic E-state index is 0.215. The molecule has 0 saturated carbocycles. The number of carbonyl (C=O) groups excluding carboxylic acids is 2. The number of benzene rings is 2. The third-order valence-corrected chi connectivity index (χ3v) is 5.28. The molecule has 0 radical (unpaired) electrons. The summed E-state index contributed by atoms with van der Waals surface area (Å²) in [6.07, 6.45) is 0. The summed E-state index contributed by atoms with van der Waals surface area (Å²) >= 11 is 0. The Morgan fingerprint density at radius 1 is 1.09 bits per heavy atom. The summed E-state index contributed by atoms with van der Waals surface area (Å²) in [5.41, 5.74) is 1.99. The van der Waals surface area contributed by atoms with Crippen molar-refractivity contribution in [1.29, 1.82) is 0 Å². The number of nitrogens with zero attached hydrogens (tertiary/aromatic N) is 2. The lowest BCUT2D eigenvalue weighted by molar-refractivity contribution is 0.0349. The third-order valence-electron chi connectivity index (χ3n) is 5.28. The number of amides is 2. The second-order valence-corrected chi connectivity index (χ2v) is 7.42. The van der Waals surface area contributed by atoms with Gasteiger partial charge in [-0.1, -0.05) is 18.2 Å². The molecule has 0 atom stereocenters. The van der Waals surface area contributed by atoms with E-state index in [1.165, 1.54) is 0 Å². The molecular weight excluding hydrogens is 410 g/mol. The normalized spacial score (nSPS) is 13.9. The molecule has 0 unspecified atom stereocenters. The minimum atomic E-state index is -0.381. The van der Waals surface area contributed by atoms with Crippen LogP contribution < -0.4 is 10.1 Å². The van der Waals surface area contributed by atoms with Crippen molar-refractivity contribution < 1.29 is 23.8 Å². The van der Waals surface area contributed by atoms with Gasteiger partial charge in [-0.05, 0) is 37.3 Å². The van der Waals surface area contributed by atoms with Crippen LogP contribution in [0.1, 0.15) is 22.8 Å². The molecule has 2 aromatic carbocycles. The van der Waals surface area contributed by atoms with Gasteiger partial charge in [-0.15, -0.1) is 0 Å². The van der Waals surface area contributed by atoms with Crippen LogP contribution in [-0.4, -0.2) is 74.9 Å². The number of anilines is 1. The maximum atomic E-state index is 13.1. The Morgan fingerprint density at radius 3 is 2.50 bits per heavy atom. The van der Waals surface area contributed by atoms with Gasteiger partial charge in [0, 0.05) is 37.4 Å². The van der Waals surface area contributed by atoms with Crippen molar-refractivity contribution in [3.63, 3.8) is 0 Å². The van der Waals surface area contributed by atoms with Gasteiger partial charge in [0.2, 0.25) is 0 Å². The molecule has 8 heteroatoms. The first-order chi connectivity index (χ1) is 15.6. The predicted octanol–water partition coefficient (Wildman–Crippen LogP) is 3.24. The molecule has 1 aliphatic rings. The van der Waals surface area contributed by atoms with Gasteiger partial charge < -0.3 is 24.4 Å². The number of hydrogen-bond donors (Lipinski definition) is 1. The fourth-order valence-electron chi connectivity index (χ4n) is 3.49. The average Bonchev–Trinajstić information content (AvgIpc) is 2.83. The van der Waals surface area contributed by atoms with Crippen LogP contribution in [0.3, 0.4) is 0 Å². The monoisotopic (exact) mass is 441 g/mol. The lowest BCUT2D eigenvalue weighted by Gasteiger charge is -2.30. The summed E-state index contributed by atoms with van der Waals surface area (Å²) in [6, 6.07) is 14.2. The van der Waals surface area contributed by atoms with Crippen LogP contribution >= 0.6 is 0 Å². The van der Waals surface area contributed by atoms with Gasteiger partial charge in [0.05, 0.1) is 39.0 Å². The number of methoxy groups -OCH3 is 1. The number of carbonyl (C=O) groups is 2. The van der Waals surface area contributed by atoms with E-state index in [9.17, 15) is 9.59 Å². The van der Waals surface area contributed by atoms with Crippen LogP contribution in [0.25, 0.3) is 0 Å². The summed E-state index contributed by atoms with van der Waals surface area (Å²) in [5.74, 6) is 0.365. The Labute approximate surface area is 189 Å². The number of nitrogens with one attached hydrogen (secondary N) is 1. The van der Waals surface area contributed by atoms with E-state index in [2.05, 4.69) is 10.2 Å². The van der Waals surface area contributed by atoms with E-state index in [-0.39, 0.29) is 12.0 Å². The molecule has 2 aromatic rings. The summed E-state index contributed by atoms with van der Waals surface area (Å²) in [5, 5.41) is 2.94. The van der Waals surface area contributed by atoms with Gasteiger partial charge in [0.1, 0.15) is 5.75 Å². The van der Waals surface area contributed by atoms with Gasteiger partial charge in [-0.2, -0.15) is 0 Å². The number of rotatable bonds is 9. The van der Waals surface area contributed by atoms with E-state index in [1.807, 2.05) is 24.3 Å². The maximum absolute atomic E-state index is 13.1. The van der Waals surface area contributed by atoms with Gasteiger partial charge in [0.25, 0.3) is 0 Å². The largest absolute Gasteiger partial charge is 0.496 e. The van der Waals surface area contributed by atoms with Crippen LogP contribution in [0, 0.1) is 0 Å². The zero-order chi connectivity index (χ0) is 22.8. The lowest BCUT2D eigenvalue weighted by Crippen LogP contribution is -2.44. The third kappa shape index (κ3) is 6.70. The van der Waals surface area contributed by atoms with Crippen molar-refractivity contribution in [3.8, 4) is 5.75 Å². The molecule has 0 spiro atoms. The topological polar surface area (TPSA) is 80.3 Å². The molecule has 0 bridgehead atoms. The van der Waals surface area contributed by atoms with E-state index in [4.69, 9.17) is 14.2 Å². The van der Waals surface area contributed by atoms with Crippen LogP contribution in [0.2, 0.25) is 0 Å². The fourth-order valence-corrected chi connectivity index (χ4v) is 3.49. The van der Waals surface area contributed by atoms with Gasteiger partial charge >= 0.3 is 12.0 Å².